The summed E-state index contributed by atoms with van der Waals surface area (Å²) < 4.78 is 0. The fourth-order valence-corrected chi connectivity index (χ4v) is 1.81. The molecule has 1 atom stereocenters. The van der Waals surface area contributed by atoms with E-state index >= 15 is 0 Å². The van der Waals surface area contributed by atoms with Crippen LogP contribution in [0.25, 0.3) is 0 Å². The monoisotopic (exact) mass is 233 g/mol. The van der Waals surface area contributed by atoms with Gasteiger partial charge >= 0.3 is 0 Å². The minimum absolute atomic E-state index is 0.164. The SMILES string of the molecule is CC.Cc1ccc(C2CCC(=O)NC2=O)cc1. The summed E-state index contributed by atoms with van der Waals surface area (Å²) in [6.07, 6.45) is 1.05. The van der Waals surface area contributed by atoms with Gasteiger partial charge in [-0.05, 0) is 18.9 Å². The van der Waals surface area contributed by atoms with E-state index in [1.54, 1.807) is 0 Å². The molecule has 1 aromatic carbocycles. The van der Waals surface area contributed by atoms with Crippen molar-refractivity contribution in [3.05, 3.63) is 35.4 Å². The lowest BCUT2D eigenvalue weighted by molar-refractivity contribution is -0.134. The molecule has 0 saturated carbocycles. The van der Waals surface area contributed by atoms with Crippen molar-refractivity contribution in [1.29, 1.82) is 0 Å². The molecule has 0 radical (unpaired) electrons. The largest absolute Gasteiger partial charge is 0.296 e. The van der Waals surface area contributed by atoms with Crippen molar-refractivity contribution in [2.45, 2.75) is 39.5 Å². The lowest BCUT2D eigenvalue weighted by Crippen LogP contribution is -2.39. The molecule has 2 rings (SSSR count). The number of amides is 2. The van der Waals surface area contributed by atoms with Gasteiger partial charge in [0.15, 0.2) is 0 Å². The third-order valence-electron chi connectivity index (χ3n) is 2.72. The van der Waals surface area contributed by atoms with Crippen LogP contribution in [-0.4, -0.2) is 11.8 Å². The summed E-state index contributed by atoms with van der Waals surface area (Å²) in [5, 5.41) is 2.36. The van der Waals surface area contributed by atoms with Crippen molar-refractivity contribution < 1.29 is 9.59 Å². The molecule has 2 amide bonds. The molecule has 3 heteroatoms. The molecule has 1 saturated heterocycles. The number of benzene rings is 1. The maximum Gasteiger partial charge on any atom is 0.234 e. The predicted molar refractivity (Wildman–Crippen MR) is 67.7 cm³/mol. The Morgan fingerprint density at radius 3 is 2.24 bits per heavy atom. The van der Waals surface area contributed by atoms with Crippen LogP contribution in [0.3, 0.4) is 0 Å². The molecular weight excluding hydrogens is 214 g/mol. The molecule has 92 valence electrons. The normalized spacial score (nSPS) is 19.1. The van der Waals surface area contributed by atoms with Gasteiger partial charge in [-0.15, -0.1) is 0 Å². The van der Waals surface area contributed by atoms with Gasteiger partial charge in [0, 0.05) is 6.42 Å². The van der Waals surface area contributed by atoms with Crippen LogP contribution < -0.4 is 5.32 Å². The topological polar surface area (TPSA) is 46.2 Å². The Morgan fingerprint density at radius 2 is 1.71 bits per heavy atom. The van der Waals surface area contributed by atoms with Gasteiger partial charge < -0.3 is 0 Å². The molecule has 1 unspecified atom stereocenters. The fourth-order valence-electron chi connectivity index (χ4n) is 1.81. The van der Waals surface area contributed by atoms with Crippen LogP contribution in [0, 0.1) is 6.92 Å². The first-order valence-corrected chi connectivity index (χ1v) is 6.07. The molecule has 0 aliphatic carbocycles. The second kappa shape index (κ2) is 6.18. The molecule has 0 spiro atoms. The first-order valence-electron chi connectivity index (χ1n) is 6.07. The van der Waals surface area contributed by atoms with Crippen molar-refractivity contribution in [2.75, 3.05) is 0 Å². The second-order valence-electron chi connectivity index (χ2n) is 3.91. The van der Waals surface area contributed by atoms with Gasteiger partial charge in [-0.3, -0.25) is 14.9 Å². The summed E-state index contributed by atoms with van der Waals surface area (Å²) in [4.78, 5) is 22.5. The van der Waals surface area contributed by atoms with Crippen LogP contribution in [0.2, 0.25) is 0 Å². The molecule has 1 aliphatic rings. The number of aryl methyl sites for hydroxylation is 1. The van der Waals surface area contributed by atoms with Crippen molar-refractivity contribution in [3.8, 4) is 0 Å². The minimum Gasteiger partial charge on any atom is -0.296 e. The lowest BCUT2D eigenvalue weighted by Gasteiger charge is -2.21. The number of carbonyl (C=O) groups is 2. The highest BCUT2D eigenvalue weighted by molar-refractivity contribution is 6.00. The van der Waals surface area contributed by atoms with E-state index in [-0.39, 0.29) is 17.7 Å². The molecular formula is C14H19NO2. The molecule has 1 aliphatic heterocycles. The maximum absolute atomic E-state index is 11.6. The van der Waals surface area contributed by atoms with Crippen molar-refractivity contribution in [3.63, 3.8) is 0 Å². The Bertz CT molecular complexity index is 395. The van der Waals surface area contributed by atoms with Gasteiger partial charge in [-0.1, -0.05) is 43.7 Å². The van der Waals surface area contributed by atoms with Crippen LogP contribution in [0.5, 0.6) is 0 Å². The van der Waals surface area contributed by atoms with E-state index in [0.717, 1.165) is 5.56 Å². The molecule has 0 bridgehead atoms. The standard InChI is InChI=1S/C12H13NO2.C2H6/c1-8-2-4-9(5-3-8)10-6-7-11(14)13-12(10)15;1-2/h2-5,10H,6-7H2,1H3,(H,13,14,15);1-2H3. The number of hydrogen-bond acceptors (Lipinski definition) is 2. The van der Waals surface area contributed by atoms with E-state index < -0.39 is 0 Å². The van der Waals surface area contributed by atoms with Crippen LogP contribution >= 0.6 is 0 Å². The molecule has 3 nitrogen and oxygen atoms in total. The first kappa shape index (κ1) is 13.4. The average molecular weight is 233 g/mol. The Kier molecular flexibility index (Phi) is 4.88. The van der Waals surface area contributed by atoms with Crippen LogP contribution in [0.4, 0.5) is 0 Å². The number of rotatable bonds is 1. The lowest BCUT2D eigenvalue weighted by atomic mass is 9.90. The van der Waals surface area contributed by atoms with E-state index in [0.29, 0.717) is 12.8 Å². The van der Waals surface area contributed by atoms with Gasteiger partial charge in [0.2, 0.25) is 11.8 Å². The Hall–Kier alpha value is -1.64. The maximum atomic E-state index is 11.6. The fraction of sp³-hybridized carbons (Fsp3) is 0.429. The Labute approximate surface area is 102 Å². The summed E-state index contributed by atoms with van der Waals surface area (Å²) in [5.74, 6) is -0.498. The second-order valence-corrected chi connectivity index (χ2v) is 3.91. The highest BCUT2D eigenvalue weighted by Gasteiger charge is 2.27. The summed E-state index contributed by atoms with van der Waals surface area (Å²) in [7, 11) is 0. The quantitative estimate of drug-likeness (QED) is 0.758. The predicted octanol–water partition coefficient (Wildman–Crippen LogP) is 2.54. The number of hydrogen-bond donors (Lipinski definition) is 1. The summed E-state index contributed by atoms with van der Waals surface area (Å²) >= 11 is 0. The van der Waals surface area contributed by atoms with Crippen LogP contribution in [-0.2, 0) is 9.59 Å². The molecule has 0 aromatic heterocycles. The number of nitrogens with one attached hydrogen (secondary N) is 1. The van der Waals surface area contributed by atoms with E-state index in [4.69, 9.17) is 0 Å². The zero-order chi connectivity index (χ0) is 12.8. The summed E-state index contributed by atoms with van der Waals surface area (Å²) in [6, 6.07) is 7.88. The van der Waals surface area contributed by atoms with Gasteiger partial charge in [0.05, 0.1) is 5.92 Å². The number of imide groups is 1. The zero-order valence-electron chi connectivity index (χ0n) is 10.6. The molecule has 1 heterocycles. The molecule has 1 fully saturated rings. The summed E-state index contributed by atoms with van der Waals surface area (Å²) in [6.45, 7) is 6.01. The number of carbonyl (C=O) groups excluding carboxylic acids is 2. The van der Waals surface area contributed by atoms with E-state index in [1.807, 2.05) is 45.0 Å². The van der Waals surface area contributed by atoms with Crippen molar-refractivity contribution in [2.24, 2.45) is 0 Å². The third-order valence-corrected chi connectivity index (χ3v) is 2.72. The van der Waals surface area contributed by atoms with E-state index in [1.165, 1.54) is 5.56 Å². The van der Waals surface area contributed by atoms with E-state index in [9.17, 15) is 9.59 Å². The van der Waals surface area contributed by atoms with Crippen molar-refractivity contribution >= 4 is 11.8 Å². The Balaban J connectivity index is 0.000000686. The smallest absolute Gasteiger partial charge is 0.234 e. The highest BCUT2D eigenvalue weighted by atomic mass is 16.2. The minimum atomic E-state index is -0.171. The van der Waals surface area contributed by atoms with Gasteiger partial charge in [0.25, 0.3) is 0 Å². The molecule has 1 aromatic rings. The molecule has 1 N–H and O–H groups in total. The van der Waals surface area contributed by atoms with Crippen LogP contribution in [0.15, 0.2) is 24.3 Å². The van der Waals surface area contributed by atoms with Gasteiger partial charge in [-0.25, -0.2) is 0 Å². The zero-order valence-corrected chi connectivity index (χ0v) is 10.6. The van der Waals surface area contributed by atoms with Gasteiger partial charge in [0.1, 0.15) is 0 Å². The van der Waals surface area contributed by atoms with E-state index in [2.05, 4.69) is 5.32 Å². The number of piperidine rings is 1. The van der Waals surface area contributed by atoms with Crippen molar-refractivity contribution in [1.82, 2.24) is 5.32 Å². The average Bonchev–Trinajstić information content (AvgIpc) is 2.33. The highest BCUT2D eigenvalue weighted by Crippen LogP contribution is 2.24. The first-order chi connectivity index (χ1) is 8.16. The summed E-state index contributed by atoms with van der Waals surface area (Å²) in [5.41, 5.74) is 2.16. The Morgan fingerprint density at radius 1 is 1.12 bits per heavy atom. The van der Waals surface area contributed by atoms with Crippen LogP contribution in [0.1, 0.15) is 43.7 Å². The molecule has 17 heavy (non-hydrogen) atoms. The third kappa shape index (κ3) is 3.41. The van der Waals surface area contributed by atoms with Gasteiger partial charge in [-0.2, -0.15) is 0 Å².